The van der Waals surface area contributed by atoms with Gasteiger partial charge in [0, 0.05) is 0 Å². The van der Waals surface area contributed by atoms with E-state index in [0.29, 0.717) is 0 Å². The number of rotatable bonds is 5. The molecule has 25 heavy (non-hydrogen) atoms. The molecule has 126 valence electrons. The molecule has 3 rings (SSSR count). The molecule has 0 aromatic heterocycles. The van der Waals surface area contributed by atoms with Crippen LogP contribution in [-0.2, 0) is 19.4 Å². The van der Waals surface area contributed by atoms with Crippen molar-refractivity contribution < 1.29 is 19.4 Å². The Bertz CT molecular complexity index is 942. The van der Waals surface area contributed by atoms with E-state index in [4.69, 9.17) is 0 Å². The van der Waals surface area contributed by atoms with Crippen LogP contribution in [0.15, 0.2) is 82.8 Å². The Morgan fingerprint density at radius 3 is 1.72 bits per heavy atom. The van der Waals surface area contributed by atoms with E-state index in [9.17, 15) is 0 Å². The van der Waals surface area contributed by atoms with Crippen LogP contribution in [0.2, 0.25) is 0 Å². The molecule has 0 aliphatic heterocycles. The van der Waals surface area contributed by atoms with Crippen LogP contribution in [0.3, 0.4) is 0 Å². The molecule has 0 fully saturated rings. The molecule has 0 bridgehead atoms. The minimum atomic E-state index is 0.832. The Morgan fingerprint density at radius 2 is 1.12 bits per heavy atom. The molecule has 0 aliphatic rings. The summed E-state index contributed by atoms with van der Waals surface area (Å²) in [6.07, 6.45) is 3.72. The van der Waals surface area contributed by atoms with Crippen molar-refractivity contribution in [1.29, 1.82) is 0 Å². The average molecular weight is 504 g/mol. The first-order valence-corrected chi connectivity index (χ1v) is 9.16. The topological polar surface area (TPSA) is 24.7 Å². The van der Waals surface area contributed by atoms with Gasteiger partial charge in [0.2, 0.25) is 0 Å². The van der Waals surface area contributed by atoms with E-state index in [-0.39, 0.29) is 0 Å². The van der Waals surface area contributed by atoms with Gasteiger partial charge in [0.15, 0.2) is 0 Å². The number of aliphatic imine (C=N–C) groups is 2. The molecule has 0 heterocycles. The Balaban J connectivity index is 1.90. The van der Waals surface area contributed by atoms with Crippen LogP contribution in [0.1, 0.15) is 22.3 Å². The summed E-state index contributed by atoms with van der Waals surface area (Å²) in [7, 11) is 0. The van der Waals surface area contributed by atoms with Crippen LogP contribution in [0.25, 0.3) is 0 Å². The van der Waals surface area contributed by atoms with Crippen molar-refractivity contribution >= 4 is 28.2 Å². The number of hydrogen-bond acceptors (Lipinski definition) is 2. The number of nitrogens with zero attached hydrogens (tertiary/aromatic N) is 2. The third kappa shape index (κ3) is 4.49. The van der Waals surface area contributed by atoms with Crippen LogP contribution >= 0.6 is 0 Å². The van der Waals surface area contributed by atoms with Gasteiger partial charge >= 0.3 is 153 Å². The summed E-state index contributed by atoms with van der Waals surface area (Å²) in [5, 5.41) is 0. The van der Waals surface area contributed by atoms with Gasteiger partial charge in [-0.05, 0) is 0 Å². The van der Waals surface area contributed by atoms with Crippen molar-refractivity contribution in [2.45, 2.75) is 0 Å². The fourth-order valence-corrected chi connectivity index (χ4v) is 2.93. The fourth-order valence-electron chi connectivity index (χ4n) is 2.33. The van der Waals surface area contributed by atoms with Crippen molar-refractivity contribution in [2.75, 3.05) is 0 Å². The number of hydrogen-bond donors (Lipinski definition) is 0. The van der Waals surface area contributed by atoms with E-state index in [1.54, 1.807) is 0 Å². The van der Waals surface area contributed by atoms with Gasteiger partial charge in [-0.15, -0.1) is 6.07 Å². The summed E-state index contributed by atoms with van der Waals surface area (Å²) in [5.41, 5.74) is 5.87. The van der Waals surface area contributed by atoms with Crippen LogP contribution in [0.4, 0.5) is 11.4 Å². The van der Waals surface area contributed by atoms with Crippen LogP contribution in [0, 0.1) is 6.92 Å². The SMILES string of the molecule is [CH2-]c1ccccc1C=Nc1ccccc1N=Cc1ccccc1[CH]=[Pt]. The monoisotopic (exact) mass is 504 g/mol. The summed E-state index contributed by atoms with van der Waals surface area (Å²) in [5.74, 6) is 0. The first-order valence-electron chi connectivity index (χ1n) is 7.85. The van der Waals surface area contributed by atoms with Gasteiger partial charge in [0.25, 0.3) is 0 Å². The standard InChI is InChI=1S/C22H17N2.Pt/c1-17-9-3-5-11-19(17)15-23-21-13-7-8-14-22(21)24-16-20-12-6-4-10-18(20)2;/h1,3-16H,2H2;/q-1;. The summed E-state index contributed by atoms with van der Waals surface area (Å²) >= 11 is 2.23. The summed E-state index contributed by atoms with van der Waals surface area (Å²) in [6, 6.07) is 24.0. The van der Waals surface area contributed by atoms with Crippen molar-refractivity contribution in [3.8, 4) is 0 Å². The predicted molar refractivity (Wildman–Crippen MR) is 103 cm³/mol. The van der Waals surface area contributed by atoms with Crippen LogP contribution in [0.5, 0.6) is 0 Å². The first kappa shape index (κ1) is 17.3. The van der Waals surface area contributed by atoms with E-state index in [0.717, 1.165) is 33.6 Å². The Morgan fingerprint density at radius 1 is 0.640 bits per heavy atom. The zero-order valence-corrected chi connectivity index (χ0v) is 15.9. The van der Waals surface area contributed by atoms with Crippen LogP contribution in [-0.4, -0.2) is 16.8 Å². The van der Waals surface area contributed by atoms with Gasteiger partial charge in [-0.1, -0.05) is 0 Å². The molecule has 0 aliphatic carbocycles. The third-order valence-electron chi connectivity index (χ3n) is 3.72. The molecule has 3 heteroatoms. The maximum atomic E-state index is 4.64. The van der Waals surface area contributed by atoms with Gasteiger partial charge < -0.3 is 0 Å². The second-order valence-corrected chi connectivity index (χ2v) is 6.08. The summed E-state index contributed by atoms with van der Waals surface area (Å²) < 4.78 is 2.05. The maximum absolute atomic E-state index is 4.64. The van der Waals surface area contributed by atoms with Crippen LogP contribution < -0.4 is 0 Å². The second-order valence-electron chi connectivity index (χ2n) is 5.42. The molecule has 3 aromatic rings. The zero-order chi connectivity index (χ0) is 17.5. The van der Waals surface area contributed by atoms with E-state index in [2.05, 4.69) is 52.8 Å². The summed E-state index contributed by atoms with van der Waals surface area (Å²) in [4.78, 5) is 9.25. The van der Waals surface area contributed by atoms with Gasteiger partial charge in [0.1, 0.15) is 0 Å². The molecule has 0 N–H and O–H groups in total. The molecule has 2 nitrogen and oxygen atoms in total. The van der Waals surface area contributed by atoms with Gasteiger partial charge in [-0.2, -0.15) is 0 Å². The van der Waals surface area contributed by atoms with Gasteiger partial charge in [-0.3, -0.25) is 0 Å². The third-order valence-corrected chi connectivity index (χ3v) is 4.42. The predicted octanol–water partition coefficient (Wildman–Crippen LogP) is 5.07. The molecule has 0 atom stereocenters. The molecule has 0 radical (unpaired) electrons. The molecule has 0 unspecified atom stereocenters. The first-order chi connectivity index (χ1) is 12.3. The van der Waals surface area contributed by atoms with E-state index in [1.807, 2.05) is 73.1 Å². The molecular weight excluding hydrogens is 487 g/mol. The molecule has 0 amide bonds. The van der Waals surface area contributed by atoms with Gasteiger partial charge in [0.05, 0.1) is 0 Å². The molecule has 3 aromatic carbocycles. The van der Waals surface area contributed by atoms with Gasteiger partial charge in [-0.25, -0.2) is 0 Å². The molecule has 0 spiro atoms. The molecule has 0 saturated heterocycles. The number of para-hydroxylation sites is 2. The Kier molecular flexibility index (Phi) is 5.87. The Hall–Kier alpha value is -2.57. The normalized spacial score (nSPS) is 11.3. The second kappa shape index (κ2) is 8.50. The van der Waals surface area contributed by atoms with Crippen molar-refractivity contribution in [3.63, 3.8) is 0 Å². The molecular formula is C22H17N2Pt-. The average Bonchev–Trinajstić information content (AvgIpc) is 2.66. The van der Waals surface area contributed by atoms with E-state index >= 15 is 0 Å². The summed E-state index contributed by atoms with van der Waals surface area (Å²) in [6.45, 7) is 4.03. The van der Waals surface area contributed by atoms with Crippen molar-refractivity contribution in [1.82, 2.24) is 0 Å². The van der Waals surface area contributed by atoms with Crippen molar-refractivity contribution in [2.24, 2.45) is 9.98 Å². The molecule has 0 saturated carbocycles. The Labute approximate surface area is 159 Å². The van der Waals surface area contributed by atoms with Crippen molar-refractivity contribution in [3.05, 3.63) is 102 Å². The number of benzene rings is 3. The fraction of sp³-hybridized carbons (Fsp3) is 0. The van der Waals surface area contributed by atoms with E-state index in [1.165, 1.54) is 0 Å². The minimum absolute atomic E-state index is 0.832. The quantitative estimate of drug-likeness (QED) is 0.343. The zero-order valence-electron chi connectivity index (χ0n) is 13.6. The van der Waals surface area contributed by atoms with E-state index < -0.39 is 0 Å².